The second-order valence-electron chi connectivity index (χ2n) is 10.5. The van der Waals surface area contributed by atoms with Crippen molar-refractivity contribution < 1.29 is 9.53 Å². The van der Waals surface area contributed by atoms with Gasteiger partial charge in [-0.25, -0.2) is 9.97 Å². The largest absolute Gasteiger partial charge is 0.457 e. The van der Waals surface area contributed by atoms with E-state index in [1.165, 1.54) is 5.56 Å². The normalized spacial score (nSPS) is 11.5. The second kappa shape index (κ2) is 11.0. The van der Waals surface area contributed by atoms with E-state index >= 15 is 0 Å². The van der Waals surface area contributed by atoms with Crippen LogP contribution in [0, 0.1) is 0 Å². The molecule has 0 saturated carbocycles. The molecule has 0 unspecified atom stereocenters. The van der Waals surface area contributed by atoms with E-state index in [2.05, 4.69) is 59.6 Å². The summed E-state index contributed by atoms with van der Waals surface area (Å²) in [4.78, 5) is 25.6. The molecular weight excluding hydrogens is 490 g/mol. The Balaban J connectivity index is 1.25. The molecule has 3 aromatic heterocycles. The van der Waals surface area contributed by atoms with Gasteiger partial charge in [0, 0.05) is 56.5 Å². The maximum Gasteiger partial charge on any atom is 0.270 e. The number of rotatable bonds is 9. The van der Waals surface area contributed by atoms with Gasteiger partial charge in [0.1, 0.15) is 17.2 Å². The number of benzene rings is 2. The van der Waals surface area contributed by atoms with E-state index in [0.29, 0.717) is 23.7 Å². The van der Waals surface area contributed by atoms with Gasteiger partial charge in [-0.15, -0.1) is 0 Å². The highest BCUT2D eigenvalue weighted by atomic mass is 16.5. The fourth-order valence-corrected chi connectivity index (χ4v) is 4.26. The maximum absolute atomic E-state index is 12.6. The summed E-state index contributed by atoms with van der Waals surface area (Å²) in [6.45, 7) is 7.92. The Morgan fingerprint density at radius 1 is 1.03 bits per heavy atom. The number of nitrogens with zero attached hydrogens (tertiary/aromatic N) is 5. The van der Waals surface area contributed by atoms with E-state index < -0.39 is 0 Å². The molecular formula is C30H33N7O2. The standard InChI is InChI=1S/C30H33N7O2/c1-30(2,3)21-7-5-8-22(17-21)34-29-35-25-18-23(9-10-27(25)36(29)4)39-24-11-13-32-26(19-24)28(38)33-12-6-15-37-16-14-31-20-37/h5,7-11,13-14,16-20H,6,12,15H2,1-4H3,(H,33,38)(H,34,35). The molecule has 0 fully saturated rings. The van der Waals surface area contributed by atoms with Crippen molar-refractivity contribution in [3.05, 3.63) is 90.8 Å². The van der Waals surface area contributed by atoms with Crippen LogP contribution in [-0.4, -0.2) is 36.5 Å². The third kappa shape index (κ3) is 6.26. The van der Waals surface area contributed by atoms with Gasteiger partial charge in [-0.2, -0.15) is 0 Å². The molecule has 5 aromatic rings. The van der Waals surface area contributed by atoms with E-state index in [1.807, 2.05) is 46.6 Å². The van der Waals surface area contributed by atoms with Crippen molar-refractivity contribution in [3.8, 4) is 11.5 Å². The number of amides is 1. The number of hydrogen-bond donors (Lipinski definition) is 2. The van der Waals surface area contributed by atoms with Gasteiger partial charge < -0.3 is 24.5 Å². The number of aromatic nitrogens is 5. The fraction of sp³-hybridized carbons (Fsp3) is 0.267. The van der Waals surface area contributed by atoms with Gasteiger partial charge >= 0.3 is 0 Å². The van der Waals surface area contributed by atoms with Crippen LogP contribution in [0.4, 0.5) is 11.6 Å². The highest BCUT2D eigenvalue weighted by Crippen LogP contribution is 2.30. The van der Waals surface area contributed by atoms with Crippen molar-refractivity contribution >= 4 is 28.6 Å². The molecule has 0 saturated heterocycles. The summed E-state index contributed by atoms with van der Waals surface area (Å²) in [5.41, 5.74) is 4.38. The number of pyridine rings is 1. The van der Waals surface area contributed by atoms with Crippen LogP contribution in [0.25, 0.3) is 11.0 Å². The minimum atomic E-state index is -0.238. The summed E-state index contributed by atoms with van der Waals surface area (Å²) >= 11 is 0. The van der Waals surface area contributed by atoms with Crippen molar-refractivity contribution in [1.29, 1.82) is 0 Å². The molecule has 1 amide bonds. The third-order valence-electron chi connectivity index (χ3n) is 6.47. The number of carbonyl (C=O) groups excluding carboxylic acids is 1. The number of carbonyl (C=O) groups is 1. The van der Waals surface area contributed by atoms with E-state index in [4.69, 9.17) is 9.72 Å². The first-order valence-electron chi connectivity index (χ1n) is 13.0. The minimum Gasteiger partial charge on any atom is -0.457 e. The predicted octanol–water partition coefficient (Wildman–Crippen LogP) is 5.82. The average Bonchev–Trinajstić information content (AvgIpc) is 3.54. The van der Waals surface area contributed by atoms with Crippen molar-refractivity contribution in [3.63, 3.8) is 0 Å². The number of imidazole rings is 2. The topological polar surface area (TPSA) is 98.9 Å². The molecule has 9 nitrogen and oxygen atoms in total. The zero-order valence-electron chi connectivity index (χ0n) is 22.7. The molecule has 2 N–H and O–H groups in total. The van der Waals surface area contributed by atoms with Crippen LogP contribution in [0.2, 0.25) is 0 Å². The molecule has 39 heavy (non-hydrogen) atoms. The number of ether oxygens (including phenoxy) is 1. The fourth-order valence-electron chi connectivity index (χ4n) is 4.26. The number of aryl methyl sites for hydroxylation is 2. The Labute approximate surface area is 227 Å². The summed E-state index contributed by atoms with van der Waals surface area (Å²) in [5, 5.41) is 6.35. The number of hydrogen-bond acceptors (Lipinski definition) is 6. The van der Waals surface area contributed by atoms with Crippen LogP contribution >= 0.6 is 0 Å². The number of anilines is 2. The van der Waals surface area contributed by atoms with Gasteiger partial charge in [0.15, 0.2) is 0 Å². The molecule has 0 spiro atoms. The van der Waals surface area contributed by atoms with E-state index in [9.17, 15) is 4.79 Å². The van der Waals surface area contributed by atoms with Crippen molar-refractivity contribution in [2.24, 2.45) is 7.05 Å². The molecule has 0 atom stereocenters. The summed E-state index contributed by atoms with van der Waals surface area (Å²) in [7, 11) is 1.98. The first-order valence-corrected chi connectivity index (χ1v) is 13.0. The molecule has 2 aromatic carbocycles. The lowest BCUT2D eigenvalue weighted by Crippen LogP contribution is -2.26. The van der Waals surface area contributed by atoms with Crippen molar-refractivity contribution in [1.82, 2.24) is 29.4 Å². The van der Waals surface area contributed by atoms with Crippen LogP contribution in [0.15, 0.2) is 79.5 Å². The van der Waals surface area contributed by atoms with Gasteiger partial charge in [-0.05, 0) is 47.7 Å². The number of nitrogens with one attached hydrogen (secondary N) is 2. The first-order chi connectivity index (χ1) is 18.8. The van der Waals surface area contributed by atoms with Crippen LogP contribution in [0.1, 0.15) is 43.2 Å². The van der Waals surface area contributed by atoms with Gasteiger partial charge in [-0.3, -0.25) is 9.78 Å². The SMILES string of the molecule is Cn1c(Nc2cccc(C(C)(C)C)c2)nc2cc(Oc3ccnc(C(=O)NCCCn4ccnc4)c3)ccc21. The van der Waals surface area contributed by atoms with Gasteiger partial charge in [-0.1, -0.05) is 32.9 Å². The highest BCUT2D eigenvalue weighted by molar-refractivity contribution is 5.92. The molecule has 0 bridgehead atoms. The summed E-state index contributed by atoms with van der Waals surface area (Å²) in [5.74, 6) is 1.66. The summed E-state index contributed by atoms with van der Waals surface area (Å²) < 4.78 is 10.1. The lowest BCUT2D eigenvalue weighted by atomic mass is 9.87. The summed E-state index contributed by atoms with van der Waals surface area (Å²) in [6, 6.07) is 17.5. The molecule has 0 aliphatic heterocycles. The van der Waals surface area contributed by atoms with Crippen LogP contribution < -0.4 is 15.4 Å². The lowest BCUT2D eigenvalue weighted by Gasteiger charge is -2.20. The molecule has 200 valence electrons. The van der Waals surface area contributed by atoms with Crippen molar-refractivity contribution in [2.45, 2.75) is 39.2 Å². The van der Waals surface area contributed by atoms with Gasteiger partial charge in [0.05, 0.1) is 17.4 Å². The predicted molar refractivity (Wildman–Crippen MR) is 153 cm³/mol. The van der Waals surface area contributed by atoms with Crippen molar-refractivity contribution in [2.75, 3.05) is 11.9 Å². The van der Waals surface area contributed by atoms with Gasteiger partial charge in [0.2, 0.25) is 5.95 Å². The average molecular weight is 524 g/mol. The molecule has 3 heterocycles. The zero-order chi connectivity index (χ0) is 27.4. The van der Waals surface area contributed by atoms with E-state index in [-0.39, 0.29) is 11.3 Å². The lowest BCUT2D eigenvalue weighted by molar-refractivity contribution is 0.0947. The summed E-state index contributed by atoms with van der Waals surface area (Å²) in [6.07, 6.45) is 7.76. The molecule has 0 aliphatic carbocycles. The quantitative estimate of drug-likeness (QED) is 0.236. The zero-order valence-corrected chi connectivity index (χ0v) is 22.7. The minimum absolute atomic E-state index is 0.0602. The Kier molecular flexibility index (Phi) is 7.31. The Morgan fingerprint density at radius 2 is 1.87 bits per heavy atom. The van der Waals surface area contributed by atoms with Crippen LogP contribution in [0.3, 0.4) is 0 Å². The smallest absolute Gasteiger partial charge is 0.270 e. The van der Waals surface area contributed by atoms with Crippen LogP contribution in [0.5, 0.6) is 11.5 Å². The van der Waals surface area contributed by atoms with Crippen LogP contribution in [-0.2, 0) is 19.0 Å². The Hall–Kier alpha value is -4.66. The highest BCUT2D eigenvalue weighted by Gasteiger charge is 2.15. The molecule has 9 heteroatoms. The number of fused-ring (bicyclic) bond motifs is 1. The Bertz CT molecular complexity index is 1580. The monoisotopic (exact) mass is 523 g/mol. The van der Waals surface area contributed by atoms with E-state index in [1.54, 1.807) is 30.9 Å². The first kappa shape index (κ1) is 26.0. The molecule has 0 radical (unpaired) electrons. The molecule has 5 rings (SSSR count). The van der Waals surface area contributed by atoms with E-state index in [0.717, 1.165) is 35.6 Å². The maximum atomic E-state index is 12.6. The second-order valence-corrected chi connectivity index (χ2v) is 10.5. The third-order valence-corrected chi connectivity index (χ3v) is 6.47. The molecule has 0 aliphatic rings. The van der Waals surface area contributed by atoms with Gasteiger partial charge in [0.25, 0.3) is 5.91 Å². The Morgan fingerprint density at radius 3 is 2.67 bits per heavy atom.